The molecule has 11 atom stereocenters. The second-order valence-corrected chi connectivity index (χ2v) is 15.7. The third-order valence-electron chi connectivity index (χ3n) is 13.0. The number of ether oxygens (including phenoxy) is 4. The Balaban J connectivity index is 1.69. The fraction of sp³-hybridized carbons (Fsp3) is 0.811. The molecule has 0 aromatic rings. The van der Waals surface area contributed by atoms with Crippen molar-refractivity contribution in [1.82, 2.24) is 0 Å². The SMILES string of the molecule is COC(=O)CC[C@H](C)[C@@H]1CC[C@@H]2[C@@H]3[C@@H](C[C@@H](OC(=O)CCC(=O)O)[C@@]21C)[C@@]1(C)CC[C@H](OC(=O)CCC(=O)O)C[C@@H]1C[C@H]3OC(=O)CCC(=O)O. The van der Waals surface area contributed by atoms with Gasteiger partial charge in [-0.05, 0) is 86.4 Å². The van der Waals surface area contributed by atoms with E-state index in [4.69, 9.17) is 24.1 Å². The largest absolute Gasteiger partial charge is 0.481 e. The first-order valence-corrected chi connectivity index (χ1v) is 18.3. The average molecular weight is 723 g/mol. The molecule has 4 rings (SSSR count). The van der Waals surface area contributed by atoms with Gasteiger partial charge in [-0.25, -0.2) is 0 Å². The van der Waals surface area contributed by atoms with Crippen LogP contribution in [0.3, 0.4) is 0 Å². The summed E-state index contributed by atoms with van der Waals surface area (Å²) >= 11 is 0. The summed E-state index contributed by atoms with van der Waals surface area (Å²) < 4.78 is 23.1. The standard InChI is InChI=1S/C37H54O14/c1-20(5-11-31(44)48-4)23-6-7-24-35-25(19-27(37(23,24)3)51-34(47)14-10-30(42)43)36(2)16-15-22(49-32(45)12-8-28(38)39)17-21(36)18-26(35)50-33(46)13-9-29(40)41/h20-27,35H,5-19H2,1-4H3,(H,38,39)(H,40,41)(H,42,43)/t20-,21+,22-,23-,24+,25+,26+,27+,35+,36-,37+/m0/s1. The van der Waals surface area contributed by atoms with Crippen molar-refractivity contribution < 1.29 is 67.8 Å². The highest BCUT2D eigenvalue weighted by molar-refractivity contribution is 5.78. The number of methoxy groups -OCH3 is 1. The fourth-order valence-corrected chi connectivity index (χ4v) is 10.4. The molecule has 0 aromatic carbocycles. The molecule has 0 spiro atoms. The molecule has 4 aliphatic carbocycles. The van der Waals surface area contributed by atoms with Gasteiger partial charge < -0.3 is 34.3 Å². The topological polar surface area (TPSA) is 217 Å². The summed E-state index contributed by atoms with van der Waals surface area (Å²) in [6, 6.07) is 0. The Morgan fingerprint density at radius 1 is 0.667 bits per heavy atom. The predicted molar refractivity (Wildman–Crippen MR) is 177 cm³/mol. The average Bonchev–Trinajstić information content (AvgIpc) is 3.43. The molecule has 4 saturated carbocycles. The maximum absolute atomic E-state index is 13.2. The maximum Gasteiger partial charge on any atom is 0.306 e. The van der Waals surface area contributed by atoms with Gasteiger partial charge in [-0.3, -0.25) is 33.6 Å². The monoisotopic (exact) mass is 722 g/mol. The van der Waals surface area contributed by atoms with Crippen molar-refractivity contribution in [3.8, 4) is 0 Å². The highest BCUT2D eigenvalue weighted by atomic mass is 16.6. The summed E-state index contributed by atoms with van der Waals surface area (Å²) in [5, 5.41) is 27.5. The van der Waals surface area contributed by atoms with Gasteiger partial charge in [0.25, 0.3) is 0 Å². The zero-order valence-electron chi connectivity index (χ0n) is 30.1. The minimum atomic E-state index is -1.11. The van der Waals surface area contributed by atoms with E-state index in [2.05, 4.69) is 20.8 Å². The number of carboxylic acids is 3. The number of aliphatic carboxylic acids is 3. The van der Waals surface area contributed by atoms with Crippen molar-refractivity contribution in [3.63, 3.8) is 0 Å². The number of esters is 4. The highest BCUT2D eigenvalue weighted by Gasteiger charge is 2.67. The van der Waals surface area contributed by atoms with Gasteiger partial charge in [-0.15, -0.1) is 0 Å². The van der Waals surface area contributed by atoms with Crippen molar-refractivity contribution in [3.05, 3.63) is 0 Å². The quantitative estimate of drug-likeness (QED) is 0.144. The van der Waals surface area contributed by atoms with Gasteiger partial charge in [0.2, 0.25) is 0 Å². The number of carbonyl (C=O) groups is 7. The lowest BCUT2D eigenvalue weighted by Gasteiger charge is -2.64. The zero-order valence-corrected chi connectivity index (χ0v) is 30.1. The smallest absolute Gasteiger partial charge is 0.306 e. The molecule has 0 aromatic heterocycles. The number of hydrogen-bond acceptors (Lipinski definition) is 11. The number of fused-ring (bicyclic) bond motifs is 5. The van der Waals surface area contributed by atoms with Crippen LogP contribution < -0.4 is 0 Å². The second-order valence-electron chi connectivity index (χ2n) is 15.7. The summed E-state index contributed by atoms with van der Waals surface area (Å²) in [4.78, 5) is 84.6. The van der Waals surface area contributed by atoms with E-state index < -0.39 is 59.5 Å². The van der Waals surface area contributed by atoms with Crippen LogP contribution in [0, 0.1) is 46.3 Å². The van der Waals surface area contributed by atoms with Crippen molar-refractivity contribution in [2.75, 3.05) is 7.11 Å². The molecule has 3 N–H and O–H groups in total. The molecule has 0 unspecified atom stereocenters. The van der Waals surface area contributed by atoms with E-state index in [0.717, 1.165) is 12.8 Å². The van der Waals surface area contributed by atoms with Gasteiger partial charge in [-0.1, -0.05) is 20.8 Å². The first-order chi connectivity index (χ1) is 24.0. The summed E-state index contributed by atoms with van der Waals surface area (Å²) in [7, 11) is 1.35. The van der Waals surface area contributed by atoms with Gasteiger partial charge in [0.1, 0.15) is 18.3 Å². The molecule has 0 saturated heterocycles. The van der Waals surface area contributed by atoms with Crippen molar-refractivity contribution in [2.24, 2.45) is 46.3 Å². The maximum atomic E-state index is 13.2. The minimum absolute atomic E-state index is 0.0280. The summed E-state index contributed by atoms with van der Waals surface area (Å²) in [6.07, 6.45) is 1.45. The van der Waals surface area contributed by atoms with E-state index in [9.17, 15) is 43.8 Å². The van der Waals surface area contributed by atoms with Crippen LogP contribution in [0.1, 0.15) is 117 Å². The van der Waals surface area contributed by atoms with Crippen LogP contribution >= 0.6 is 0 Å². The summed E-state index contributed by atoms with van der Waals surface area (Å²) in [6.45, 7) is 6.38. The van der Waals surface area contributed by atoms with E-state index in [0.29, 0.717) is 38.5 Å². The van der Waals surface area contributed by atoms with Crippen LogP contribution in [0.15, 0.2) is 0 Å². The van der Waals surface area contributed by atoms with Crippen LogP contribution in [0.2, 0.25) is 0 Å². The molecular formula is C37H54O14. The Kier molecular flexibility index (Phi) is 13.2. The number of hydrogen-bond donors (Lipinski definition) is 3. The molecule has 0 heterocycles. The number of rotatable bonds is 16. The Labute approximate surface area is 298 Å². The van der Waals surface area contributed by atoms with Crippen LogP contribution in [0.5, 0.6) is 0 Å². The molecule has 14 heteroatoms. The van der Waals surface area contributed by atoms with Crippen LogP contribution in [-0.4, -0.2) is 82.5 Å². The fourth-order valence-electron chi connectivity index (χ4n) is 10.4. The minimum Gasteiger partial charge on any atom is -0.481 e. The van der Waals surface area contributed by atoms with E-state index in [1.54, 1.807) is 0 Å². The van der Waals surface area contributed by atoms with Gasteiger partial charge in [0.05, 0.1) is 45.6 Å². The van der Waals surface area contributed by atoms with Crippen LogP contribution in [-0.2, 0) is 52.5 Å². The summed E-state index contributed by atoms with van der Waals surface area (Å²) in [5.41, 5.74) is -0.929. The molecule has 286 valence electrons. The lowest BCUT2D eigenvalue weighted by molar-refractivity contribution is -0.226. The van der Waals surface area contributed by atoms with E-state index in [1.165, 1.54) is 7.11 Å². The normalized spacial score (nSPS) is 34.4. The molecular weight excluding hydrogens is 668 g/mol. The first-order valence-electron chi connectivity index (χ1n) is 18.3. The number of carbonyl (C=O) groups excluding carboxylic acids is 4. The summed E-state index contributed by atoms with van der Waals surface area (Å²) in [5.74, 6) is -5.74. The first kappa shape index (κ1) is 40.1. The molecule has 4 aliphatic rings. The van der Waals surface area contributed by atoms with Gasteiger partial charge in [0.15, 0.2) is 0 Å². The van der Waals surface area contributed by atoms with Crippen molar-refractivity contribution in [2.45, 2.75) is 135 Å². The Morgan fingerprint density at radius 3 is 1.80 bits per heavy atom. The van der Waals surface area contributed by atoms with Crippen molar-refractivity contribution in [1.29, 1.82) is 0 Å². The lowest BCUT2D eigenvalue weighted by Crippen LogP contribution is -2.63. The van der Waals surface area contributed by atoms with Crippen LogP contribution in [0.4, 0.5) is 0 Å². The van der Waals surface area contributed by atoms with Gasteiger partial charge in [0, 0.05) is 17.8 Å². The zero-order chi connectivity index (χ0) is 37.7. The van der Waals surface area contributed by atoms with Gasteiger partial charge in [-0.2, -0.15) is 0 Å². The molecule has 51 heavy (non-hydrogen) atoms. The molecule has 4 fully saturated rings. The van der Waals surface area contributed by atoms with Crippen LogP contribution in [0.25, 0.3) is 0 Å². The second kappa shape index (κ2) is 16.8. The van der Waals surface area contributed by atoms with E-state index >= 15 is 0 Å². The Morgan fingerprint density at radius 2 is 1.24 bits per heavy atom. The molecule has 0 amide bonds. The predicted octanol–water partition coefficient (Wildman–Crippen LogP) is 4.78. The number of carboxylic acid groups (broad SMARTS) is 3. The molecule has 14 nitrogen and oxygen atoms in total. The molecule has 0 bridgehead atoms. The molecule has 0 radical (unpaired) electrons. The third-order valence-corrected chi connectivity index (χ3v) is 13.0. The Hall–Kier alpha value is -3.71. The van der Waals surface area contributed by atoms with E-state index in [-0.39, 0.29) is 91.8 Å². The van der Waals surface area contributed by atoms with E-state index in [1.807, 2.05) is 0 Å². The molecule has 0 aliphatic heterocycles. The van der Waals surface area contributed by atoms with Gasteiger partial charge >= 0.3 is 41.8 Å². The Bertz CT molecular complexity index is 1340. The third kappa shape index (κ3) is 9.21. The lowest BCUT2D eigenvalue weighted by atomic mass is 9.43. The van der Waals surface area contributed by atoms with Crippen molar-refractivity contribution >= 4 is 41.8 Å². The highest BCUT2D eigenvalue weighted by Crippen LogP contribution is 2.69.